The summed E-state index contributed by atoms with van der Waals surface area (Å²) in [5.41, 5.74) is 3.18. The van der Waals surface area contributed by atoms with Gasteiger partial charge >= 0.3 is 0 Å². The van der Waals surface area contributed by atoms with Gasteiger partial charge in [-0.1, -0.05) is 0 Å². The second kappa shape index (κ2) is 2.53. The molecule has 2 nitrogen and oxygen atoms in total. The zero-order valence-electron chi connectivity index (χ0n) is 6.31. The fraction of sp³-hybridized carbons (Fsp3) is 0.444. The molecule has 1 aromatic heterocycles. The van der Waals surface area contributed by atoms with Crippen molar-refractivity contribution in [3.8, 4) is 0 Å². The molecule has 0 saturated carbocycles. The summed E-state index contributed by atoms with van der Waals surface area (Å²) >= 11 is 0. The summed E-state index contributed by atoms with van der Waals surface area (Å²) in [4.78, 5) is 13.5. The number of hydrogen-bond donors (Lipinski definition) is 1. The average molecular weight is 148 g/mol. The van der Waals surface area contributed by atoms with Crippen LogP contribution in [0.1, 0.15) is 29.7 Å². The highest BCUT2D eigenvalue weighted by atomic mass is 16.1. The van der Waals surface area contributed by atoms with E-state index in [4.69, 9.17) is 0 Å². The van der Waals surface area contributed by atoms with E-state index in [1.54, 1.807) is 6.20 Å². The van der Waals surface area contributed by atoms with Crippen molar-refractivity contribution in [3.05, 3.63) is 23.0 Å². The summed E-state index contributed by atoms with van der Waals surface area (Å²) in [6, 6.07) is 0. The maximum atomic E-state index is 10.4. The fourth-order valence-electron chi connectivity index (χ4n) is 1.70. The van der Waals surface area contributed by atoms with Crippen LogP contribution in [0.2, 0.25) is 0 Å². The molecule has 0 saturated heterocycles. The van der Waals surface area contributed by atoms with E-state index in [1.807, 2.05) is 6.29 Å². The lowest BCUT2D eigenvalue weighted by atomic mass is 9.96. The van der Waals surface area contributed by atoms with Gasteiger partial charge in [0.2, 0.25) is 6.29 Å². The van der Waals surface area contributed by atoms with Crippen LogP contribution in [0.5, 0.6) is 0 Å². The number of carbonyl (C=O) groups excluding carboxylic acids is 1. The Morgan fingerprint density at radius 2 is 2.18 bits per heavy atom. The van der Waals surface area contributed by atoms with Gasteiger partial charge in [-0.3, -0.25) is 4.79 Å². The van der Waals surface area contributed by atoms with Crippen LogP contribution in [-0.2, 0) is 17.6 Å². The first kappa shape index (κ1) is 6.65. The molecule has 0 atom stereocenters. The average Bonchev–Trinajstić information content (AvgIpc) is 2.47. The van der Waals surface area contributed by atoms with Gasteiger partial charge in [0.25, 0.3) is 0 Å². The zero-order valence-corrected chi connectivity index (χ0v) is 6.31. The molecule has 1 aliphatic carbocycles. The third kappa shape index (κ3) is 0.985. The standard InChI is InChI=1S/C9H10NO/c11-6-7-5-10-9-4-2-1-3-8(7)9/h5,10H,1-4H2. The van der Waals surface area contributed by atoms with Crippen molar-refractivity contribution >= 4 is 6.29 Å². The van der Waals surface area contributed by atoms with E-state index >= 15 is 0 Å². The molecule has 0 bridgehead atoms. The first-order chi connectivity index (χ1) is 5.42. The summed E-state index contributed by atoms with van der Waals surface area (Å²) in [7, 11) is 0. The molecule has 57 valence electrons. The van der Waals surface area contributed by atoms with Gasteiger partial charge in [-0.2, -0.15) is 0 Å². The minimum atomic E-state index is 0.736. The minimum Gasteiger partial charge on any atom is -0.364 e. The summed E-state index contributed by atoms with van der Waals surface area (Å²) in [5.74, 6) is 0. The fourth-order valence-corrected chi connectivity index (χ4v) is 1.70. The molecule has 1 aromatic rings. The molecular formula is C9H10NO. The van der Waals surface area contributed by atoms with E-state index in [1.165, 1.54) is 24.1 Å². The number of hydrogen-bond acceptors (Lipinski definition) is 1. The molecule has 0 amide bonds. The quantitative estimate of drug-likeness (QED) is 0.640. The van der Waals surface area contributed by atoms with Crippen LogP contribution < -0.4 is 0 Å². The van der Waals surface area contributed by atoms with E-state index in [-0.39, 0.29) is 0 Å². The van der Waals surface area contributed by atoms with Gasteiger partial charge in [-0.05, 0) is 31.2 Å². The van der Waals surface area contributed by atoms with Gasteiger partial charge in [-0.25, -0.2) is 0 Å². The van der Waals surface area contributed by atoms with Crippen molar-refractivity contribution < 1.29 is 4.79 Å². The van der Waals surface area contributed by atoms with Crippen LogP contribution in [-0.4, -0.2) is 11.3 Å². The normalized spacial score (nSPS) is 16.0. The Morgan fingerprint density at radius 3 is 3.00 bits per heavy atom. The van der Waals surface area contributed by atoms with E-state index in [0.29, 0.717) is 0 Å². The molecule has 2 heteroatoms. The molecule has 0 aliphatic heterocycles. The maximum Gasteiger partial charge on any atom is 0.235 e. The molecule has 0 aromatic carbocycles. The predicted molar refractivity (Wildman–Crippen MR) is 42.2 cm³/mol. The van der Waals surface area contributed by atoms with Crippen molar-refractivity contribution in [2.75, 3.05) is 0 Å². The second-order valence-electron chi connectivity index (χ2n) is 2.97. The lowest BCUT2D eigenvalue weighted by Crippen LogP contribution is -2.01. The van der Waals surface area contributed by atoms with Crippen LogP contribution in [0.25, 0.3) is 0 Å². The van der Waals surface area contributed by atoms with Gasteiger partial charge in [0.15, 0.2) is 0 Å². The lowest BCUT2D eigenvalue weighted by molar-refractivity contribution is 0.562. The number of aromatic amines is 1. The largest absolute Gasteiger partial charge is 0.364 e. The van der Waals surface area contributed by atoms with E-state index in [9.17, 15) is 4.79 Å². The van der Waals surface area contributed by atoms with Crippen LogP contribution in [0.3, 0.4) is 0 Å². The number of rotatable bonds is 1. The Morgan fingerprint density at radius 1 is 1.36 bits per heavy atom. The summed E-state index contributed by atoms with van der Waals surface area (Å²) < 4.78 is 0. The Hall–Kier alpha value is -1.05. The van der Waals surface area contributed by atoms with Crippen molar-refractivity contribution in [1.29, 1.82) is 0 Å². The highest BCUT2D eigenvalue weighted by Gasteiger charge is 2.14. The van der Waals surface area contributed by atoms with E-state index < -0.39 is 0 Å². The third-order valence-electron chi connectivity index (χ3n) is 2.29. The number of H-pyrrole nitrogens is 1. The summed E-state index contributed by atoms with van der Waals surface area (Å²) in [6.07, 6.45) is 8.31. The smallest absolute Gasteiger partial charge is 0.235 e. The molecular weight excluding hydrogens is 138 g/mol. The lowest BCUT2D eigenvalue weighted by Gasteiger charge is -2.10. The number of aryl methyl sites for hydroxylation is 1. The number of aromatic nitrogens is 1. The van der Waals surface area contributed by atoms with Crippen LogP contribution in [0, 0.1) is 0 Å². The predicted octanol–water partition coefficient (Wildman–Crippen LogP) is 1.35. The maximum absolute atomic E-state index is 10.4. The molecule has 0 spiro atoms. The molecule has 1 N–H and O–H groups in total. The second-order valence-corrected chi connectivity index (χ2v) is 2.97. The van der Waals surface area contributed by atoms with Crippen molar-refractivity contribution in [2.45, 2.75) is 25.7 Å². The number of nitrogens with one attached hydrogen (secondary N) is 1. The topological polar surface area (TPSA) is 32.9 Å². The Kier molecular flexibility index (Phi) is 1.53. The van der Waals surface area contributed by atoms with Crippen LogP contribution in [0.15, 0.2) is 6.20 Å². The van der Waals surface area contributed by atoms with Gasteiger partial charge in [0, 0.05) is 17.5 Å². The van der Waals surface area contributed by atoms with Crippen molar-refractivity contribution in [1.82, 2.24) is 4.98 Å². The van der Waals surface area contributed by atoms with E-state index in [0.717, 1.165) is 18.4 Å². The van der Waals surface area contributed by atoms with Crippen molar-refractivity contribution in [2.24, 2.45) is 0 Å². The molecule has 1 radical (unpaired) electrons. The molecule has 2 rings (SSSR count). The molecule has 1 aliphatic rings. The molecule has 0 unspecified atom stereocenters. The Labute approximate surface area is 65.6 Å². The van der Waals surface area contributed by atoms with Crippen molar-refractivity contribution in [3.63, 3.8) is 0 Å². The van der Waals surface area contributed by atoms with Gasteiger partial charge < -0.3 is 4.98 Å². The van der Waals surface area contributed by atoms with Crippen LogP contribution >= 0.6 is 0 Å². The molecule has 0 fully saturated rings. The van der Waals surface area contributed by atoms with Gasteiger partial charge in [-0.15, -0.1) is 0 Å². The summed E-state index contributed by atoms with van der Waals surface area (Å²) in [6.45, 7) is 0. The highest BCUT2D eigenvalue weighted by molar-refractivity contribution is 5.78. The Balaban J connectivity index is 2.45. The first-order valence-electron chi connectivity index (χ1n) is 3.99. The van der Waals surface area contributed by atoms with E-state index in [2.05, 4.69) is 4.98 Å². The monoisotopic (exact) mass is 148 g/mol. The van der Waals surface area contributed by atoms with Crippen LogP contribution in [0.4, 0.5) is 0 Å². The highest BCUT2D eigenvalue weighted by Crippen LogP contribution is 2.22. The van der Waals surface area contributed by atoms with Gasteiger partial charge in [0.1, 0.15) is 0 Å². The zero-order chi connectivity index (χ0) is 7.68. The first-order valence-corrected chi connectivity index (χ1v) is 3.99. The van der Waals surface area contributed by atoms with Gasteiger partial charge in [0.05, 0.1) is 0 Å². The summed E-state index contributed by atoms with van der Waals surface area (Å²) in [5, 5.41) is 0. The Bertz CT molecular complexity index is 275. The number of fused-ring (bicyclic) bond motifs is 1. The SMILES string of the molecule is O=[C]c1c[nH]c2c1CCCC2. The minimum absolute atomic E-state index is 0.736. The molecule has 1 heterocycles. The third-order valence-corrected chi connectivity index (χ3v) is 2.29. The molecule has 11 heavy (non-hydrogen) atoms.